The summed E-state index contributed by atoms with van der Waals surface area (Å²) in [6.45, 7) is 0.722. The van der Waals surface area contributed by atoms with Gasteiger partial charge in [-0.05, 0) is 29.2 Å². The molecule has 0 aliphatic carbocycles. The minimum Gasteiger partial charge on any atom is -0.493 e. The third-order valence-corrected chi connectivity index (χ3v) is 3.69. The van der Waals surface area contributed by atoms with Crippen molar-refractivity contribution in [1.29, 1.82) is 0 Å². The topological polar surface area (TPSA) is 46.5 Å². The van der Waals surface area contributed by atoms with Crippen LogP contribution in [0.1, 0.15) is 22.6 Å². The zero-order valence-electron chi connectivity index (χ0n) is 11.1. The minimum absolute atomic E-state index is 0.503. The molecule has 0 spiro atoms. The van der Waals surface area contributed by atoms with Gasteiger partial charge in [-0.1, -0.05) is 42.5 Å². The summed E-state index contributed by atoms with van der Waals surface area (Å²) in [4.78, 5) is 11.5. The van der Waals surface area contributed by atoms with Gasteiger partial charge in [0.25, 0.3) is 0 Å². The van der Waals surface area contributed by atoms with Crippen LogP contribution in [0.15, 0.2) is 48.5 Å². The van der Waals surface area contributed by atoms with E-state index in [1.807, 2.05) is 42.5 Å². The van der Waals surface area contributed by atoms with Crippen molar-refractivity contribution in [2.45, 2.75) is 18.8 Å². The summed E-state index contributed by atoms with van der Waals surface area (Å²) in [7, 11) is 0. The van der Waals surface area contributed by atoms with Gasteiger partial charge in [-0.3, -0.25) is 4.79 Å². The van der Waals surface area contributed by atoms with E-state index < -0.39 is 11.9 Å². The Bertz CT molecular complexity index is 619. The second kappa shape index (κ2) is 5.37. The molecule has 1 aliphatic rings. The number of carbonyl (C=O) groups is 1. The average molecular weight is 268 g/mol. The highest BCUT2D eigenvalue weighted by atomic mass is 16.5. The Kier molecular flexibility index (Phi) is 3.42. The molecule has 20 heavy (non-hydrogen) atoms. The van der Waals surface area contributed by atoms with Crippen LogP contribution in [-0.2, 0) is 17.6 Å². The largest absolute Gasteiger partial charge is 0.493 e. The second-order valence-electron chi connectivity index (χ2n) is 5.05. The predicted octanol–water partition coefficient (Wildman–Crippen LogP) is 3.03. The van der Waals surface area contributed by atoms with Crippen LogP contribution in [0.5, 0.6) is 5.75 Å². The van der Waals surface area contributed by atoms with Gasteiger partial charge in [0.2, 0.25) is 0 Å². The van der Waals surface area contributed by atoms with Gasteiger partial charge < -0.3 is 9.84 Å². The highest BCUT2D eigenvalue weighted by Crippen LogP contribution is 2.28. The van der Waals surface area contributed by atoms with E-state index in [1.54, 1.807) is 0 Å². The third-order valence-electron chi connectivity index (χ3n) is 3.69. The van der Waals surface area contributed by atoms with Crippen LogP contribution in [0.3, 0.4) is 0 Å². The molecule has 3 nitrogen and oxygen atoms in total. The number of carboxylic acids is 1. The maximum atomic E-state index is 11.5. The molecule has 1 aliphatic heterocycles. The van der Waals surface area contributed by atoms with Crippen LogP contribution < -0.4 is 4.74 Å². The first-order valence-electron chi connectivity index (χ1n) is 6.76. The molecule has 0 saturated carbocycles. The summed E-state index contributed by atoms with van der Waals surface area (Å²) >= 11 is 0. The number of carboxylic acid groups (broad SMARTS) is 1. The molecule has 3 heteroatoms. The van der Waals surface area contributed by atoms with Gasteiger partial charge in [0, 0.05) is 6.42 Å². The minimum atomic E-state index is -0.784. The molecular formula is C17H16O3. The highest BCUT2D eigenvalue weighted by Gasteiger charge is 2.21. The average Bonchev–Trinajstić information content (AvgIpc) is 2.93. The third kappa shape index (κ3) is 2.52. The number of ether oxygens (including phenoxy) is 1. The van der Waals surface area contributed by atoms with Gasteiger partial charge in [0.05, 0.1) is 12.5 Å². The lowest BCUT2D eigenvalue weighted by Gasteiger charge is -2.13. The Hall–Kier alpha value is -2.29. The summed E-state index contributed by atoms with van der Waals surface area (Å²) in [6.07, 6.45) is 1.42. The Morgan fingerprint density at radius 1 is 1.20 bits per heavy atom. The van der Waals surface area contributed by atoms with Crippen molar-refractivity contribution < 1.29 is 14.6 Å². The Labute approximate surface area is 117 Å². The molecule has 2 aromatic rings. The van der Waals surface area contributed by atoms with E-state index >= 15 is 0 Å². The summed E-state index contributed by atoms with van der Waals surface area (Å²) in [5.41, 5.74) is 3.07. The number of benzene rings is 2. The van der Waals surface area contributed by atoms with Crippen LogP contribution in [-0.4, -0.2) is 17.7 Å². The van der Waals surface area contributed by atoms with Crippen LogP contribution in [0.25, 0.3) is 0 Å². The van der Waals surface area contributed by atoms with Gasteiger partial charge in [-0.25, -0.2) is 0 Å². The molecule has 0 bridgehead atoms. The van der Waals surface area contributed by atoms with Crippen LogP contribution in [0.2, 0.25) is 0 Å². The van der Waals surface area contributed by atoms with E-state index in [1.165, 1.54) is 5.56 Å². The molecule has 0 fully saturated rings. The second-order valence-corrected chi connectivity index (χ2v) is 5.05. The number of hydrogen-bond acceptors (Lipinski definition) is 2. The van der Waals surface area contributed by atoms with Crippen molar-refractivity contribution >= 4 is 5.97 Å². The van der Waals surface area contributed by atoms with Crippen molar-refractivity contribution in [3.63, 3.8) is 0 Å². The summed E-state index contributed by atoms with van der Waals surface area (Å²) < 4.78 is 5.47. The summed E-state index contributed by atoms with van der Waals surface area (Å²) in [5, 5.41) is 9.46. The lowest BCUT2D eigenvalue weighted by molar-refractivity contribution is -0.138. The molecule has 102 valence electrons. The van der Waals surface area contributed by atoms with Gasteiger partial charge in [0.15, 0.2) is 0 Å². The molecule has 1 atom stereocenters. The van der Waals surface area contributed by atoms with Crippen molar-refractivity contribution in [3.8, 4) is 5.75 Å². The van der Waals surface area contributed by atoms with Crippen molar-refractivity contribution in [2.75, 3.05) is 6.61 Å². The number of fused-ring (bicyclic) bond motifs is 1. The standard InChI is InChI=1S/C17H16O3/c18-17(19)15(13-4-2-1-3-5-13)11-12-6-7-16-14(10-12)8-9-20-16/h1-7,10,15H,8-9,11H2,(H,18,19). The van der Waals surface area contributed by atoms with Crippen molar-refractivity contribution in [1.82, 2.24) is 0 Å². The fraction of sp³-hybridized carbons (Fsp3) is 0.235. The van der Waals surface area contributed by atoms with Crippen molar-refractivity contribution in [3.05, 3.63) is 65.2 Å². The highest BCUT2D eigenvalue weighted by molar-refractivity contribution is 5.76. The molecular weight excluding hydrogens is 252 g/mol. The maximum Gasteiger partial charge on any atom is 0.311 e. The Balaban J connectivity index is 1.86. The molecule has 0 saturated heterocycles. The Morgan fingerprint density at radius 2 is 2.00 bits per heavy atom. The predicted molar refractivity (Wildman–Crippen MR) is 76.2 cm³/mol. The first kappa shape index (κ1) is 12.7. The van der Waals surface area contributed by atoms with E-state index in [4.69, 9.17) is 4.74 Å². The van der Waals surface area contributed by atoms with Crippen LogP contribution >= 0.6 is 0 Å². The molecule has 0 amide bonds. The number of aliphatic carboxylic acids is 1. The van der Waals surface area contributed by atoms with E-state index in [9.17, 15) is 9.90 Å². The van der Waals surface area contributed by atoms with E-state index in [0.29, 0.717) is 6.42 Å². The number of rotatable bonds is 4. The maximum absolute atomic E-state index is 11.5. The fourth-order valence-corrected chi connectivity index (χ4v) is 2.64. The van der Waals surface area contributed by atoms with Crippen LogP contribution in [0.4, 0.5) is 0 Å². The SMILES string of the molecule is O=C(O)C(Cc1ccc2c(c1)CCO2)c1ccccc1. The van der Waals surface area contributed by atoms with Crippen LogP contribution in [0, 0.1) is 0 Å². The smallest absolute Gasteiger partial charge is 0.311 e. The summed E-state index contributed by atoms with van der Waals surface area (Å²) in [6, 6.07) is 15.4. The first-order valence-corrected chi connectivity index (χ1v) is 6.76. The van der Waals surface area contributed by atoms with Crippen molar-refractivity contribution in [2.24, 2.45) is 0 Å². The zero-order valence-corrected chi connectivity index (χ0v) is 11.1. The quantitative estimate of drug-likeness (QED) is 0.927. The molecule has 0 radical (unpaired) electrons. The number of hydrogen-bond donors (Lipinski definition) is 1. The summed E-state index contributed by atoms with van der Waals surface area (Å²) in [5.74, 6) is -0.357. The first-order chi connectivity index (χ1) is 9.74. The molecule has 1 N–H and O–H groups in total. The van der Waals surface area contributed by atoms with Gasteiger partial charge in [0.1, 0.15) is 5.75 Å². The van der Waals surface area contributed by atoms with E-state index in [2.05, 4.69) is 6.07 Å². The van der Waals surface area contributed by atoms with Gasteiger partial charge >= 0.3 is 5.97 Å². The normalized spacial score (nSPS) is 14.4. The molecule has 3 rings (SSSR count). The van der Waals surface area contributed by atoms with Gasteiger partial charge in [-0.2, -0.15) is 0 Å². The van der Waals surface area contributed by atoms with E-state index in [-0.39, 0.29) is 0 Å². The monoisotopic (exact) mass is 268 g/mol. The lowest BCUT2D eigenvalue weighted by atomic mass is 9.91. The molecule has 2 aromatic carbocycles. The Morgan fingerprint density at radius 3 is 2.75 bits per heavy atom. The lowest BCUT2D eigenvalue weighted by Crippen LogP contribution is -2.14. The van der Waals surface area contributed by atoms with E-state index in [0.717, 1.165) is 29.9 Å². The van der Waals surface area contributed by atoms with Gasteiger partial charge in [-0.15, -0.1) is 0 Å². The molecule has 1 heterocycles. The fourth-order valence-electron chi connectivity index (χ4n) is 2.64. The molecule has 0 aromatic heterocycles. The zero-order chi connectivity index (χ0) is 13.9. The molecule has 1 unspecified atom stereocenters.